The fourth-order valence-corrected chi connectivity index (χ4v) is 2.54. The number of ketones is 2. The van der Waals surface area contributed by atoms with Crippen molar-refractivity contribution in [3.63, 3.8) is 0 Å². The second kappa shape index (κ2) is 4.59. The molecule has 0 heterocycles. The maximum Gasteiger partial charge on any atom is 0.194 e. The minimum absolute atomic E-state index is 0.0262. The lowest BCUT2D eigenvalue weighted by Crippen LogP contribution is -2.16. The summed E-state index contributed by atoms with van der Waals surface area (Å²) in [5, 5.41) is 19.3. The first-order valence-electron chi connectivity index (χ1n) is 6.41. The molecule has 4 heteroatoms. The molecule has 0 fully saturated rings. The number of phenolic OH excluding ortho intramolecular Hbond substituents is 2. The van der Waals surface area contributed by atoms with E-state index in [1.165, 1.54) is 12.1 Å². The Balaban J connectivity index is 2.23. The van der Waals surface area contributed by atoms with Crippen molar-refractivity contribution in [2.45, 2.75) is 6.92 Å². The minimum atomic E-state index is -0.444. The molecule has 0 aromatic heterocycles. The molecule has 1 aliphatic rings. The van der Waals surface area contributed by atoms with Gasteiger partial charge in [0.2, 0.25) is 0 Å². The van der Waals surface area contributed by atoms with Gasteiger partial charge >= 0.3 is 0 Å². The number of carbonyl (C=O) groups is 2. The predicted octanol–water partition coefficient (Wildman–Crippen LogP) is 2.87. The monoisotopic (exact) mass is 280 g/mol. The summed E-state index contributed by atoms with van der Waals surface area (Å²) in [4.78, 5) is 24.8. The summed E-state index contributed by atoms with van der Waals surface area (Å²) in [6.07, 6.45) is 1.24. The first-order chi connectivity index (χ1) is 9.99. The van der Waals surface area contributed by atoms with Gasteiger partial charge in [-0.05, 0) is 30.2 Å². The van der Waals surface area contributed by atoms with Crippen LogP contribution in [0.25, 0.3) is 5.57 Å². The Hall–Kier alpha value is -2.88. The van der Waals surface area contributed by atoms with E-state index in [2.05, 4.69) is 0 Å². The Labute approximate surface area is 121 Å². The van der Waals surface area contributed by atoms with Crippen LogP contribution in [0.1, 0.15) is 31.8 Å². The van der Waals surface area contributed by atoms with Crippen molar-refractivity contribution in [3.05, 3.63) is 64.7 Å². The summed E-state index contributed by atoms with van der Waals surface area (Å²) in [6.45, 7) is 1.85. The molecular formula is C17H12O4. The fourth-order valence-electron chi connectivity index (χ4n) is 2.54. The zero-order valence-electron chi connectivity index (χ0n) is 11.3. The van der Waals surface area contributed by atoms with Gasteiger partial charge in [0, 0.05) is 17.2 Å². The summed E-state index contributed by atoms with van der Waals surface area (Å²) in [7, 11) is 0. The van der Waals surface area contributed by atoms with Crippen LogP contribution >= 0.6 is 0 Å². The smallest absolute Gasteiger partial charge is 0.194 e. The fraction of sp³-hybridized carbons (Fsp3) is 0.0588. The molecule has 2 N–H and O–H groups in total. The zero-order chi connectivity index (χ0) is 15.1. The average molecular weight is 280 g/mol. The molecular weight excluding hydrogens is 268 g/mol. The third kappa shape index (κ3) is 2.01. The summed E-state index contributed by atoms with van der Waals surface area (Å²) in [6, 6.07) is 9.51. The summed E-state index contributed by atoms with van der Waals surface area (Å²) in [5.74, 6) is -1.47. The van der Waals surface area contributed by atoms with E-state index in [0.717, 1.165) is 11.6 Å². The molecule has 0 spiro atoms. The van der Waals surface area contributed by atoms with Crippen molar-refractivity contribution in [1.82, 2.24) is 0 Å². The SMILES string of the molecule is Cc1ccccc1C1=CC(=O)c2c(O)cc(O)cc2C1=O. The van der Waals surface area contributed by atoms with E-state index < -0.39 is 5.78 Å². The van der Waals surface area contributed by atoms with Gasteiger partial charge < -0.3 is 10.2 Å². The van der Waals surface area contributed by atoms with Crippen molar-refractivity contribution >= 4 is 17.1 Å². The van der Waals surface area contributed by atoms with Crippen molar-refractivity contribution < 1.29 is 19.8 Å². The molecule has 21 heavy (non-hydrogen) atoms. The average Bonchev–Trinajstić information content (AvgIpc) is 2.43. The quantitative estimate of drug-likeness (QED) is 0.842. The molecule has 0 bridgehead atoms. The lowest BCUT2D eigenvalue weighted by atomic mass is 9.84. The van der Waals surface area contributed by atoms with Crippen LogP contribution < -0.4 is 0 Å². The Bertz CT molecular complexity index is 816. The van der Waals surface area contributed by atoms with Crippen molar-refractivity contribution in [2.24, 2.45) is 0 Å². The number of fused-ring (bicyclic) bond motifs is 1. The summed E-state index contributed by atoms with van der Waals surface area (Å²) >= 11 is 0. The van der Waals surface area contributed by atoms with E-state index in [0.29, 0.717) is 5.56 Å². The number of phenols is 2. The number of hydrogen-bond donors (Lipinski definition) is 2. The maximum atomic E-state index is 12.6. The molecule has 2 aromatic rings. The van der Waals surface area contributed by atoms with Crippen LogP contribution in [0.3, 0.4) is 0 Å². The van der Waals surface area contributed by atoms with Crippen molar-refractivity contribution in [2.75, 3.05) is 0 Å². The van der Waals surface area contributed by atoms with Gasteiger partial charge in [0.05, 0.1) is 5.56 Å². The third-order valence-electron chi connectivity index (χ3n) is 3.55. The van der Waals surface area contributed by atoms with Gasteiger partial charge in [-0.2, -0.15) is 0 Å². The van der Waals surface area contributed by atoms with Crippen LogP contribution in [-0.2, 0) is 0 Å². The molecule has 3 rings (SSSR count). The second-order valence-electron chi connectivity index (χ2n) is 4.95. The molecule has 0 saturated carbocycles. The number of allylic oxidation sites excluding steroid dienone is 2. The molecule has 0 unspecified atom stereocenters. The number of benzene rings is 2. The Morgan fingerprint density at radius 2 is 1.67 bits per heavy atom. The number of hydrogen-bond acceptors (Lipinski definition) is 4. The van der Waals surface area contributed by atoms with Gasteiger partial charge in [0.1, 0.15) is 11.5 Å². The van der Waals surface area contributed by atoms with Gasteiger partial charge in [-0.3, -0.25) is 9.59 Å². The van der Waals surface area contributed by atoms with Crippen LogP contribution in [0.5, 0.6) is 11.5 Å². The molecule has 4 nitrogen and oxygen atoms in total. The number of carbonyl (C=O) groups excluding carboxylic acids is 2. The highest BCUT2D eigenvalue weighted by atomic mass is 16.3. The highest BCUT2D eigenvalue weighted by Crippen LogP contribution is 2.35. The lowest BCUT2D eigenvalue weighted by molar-refractivity contribution is 0.0998. The van der Waals surface area contributed by atoms with Gasteiger partial charge in [-0.1, -0.05) is 24.3 Å². The number of aromatic hydroxyl groups is 2. The van der Waals surface area contributed by atoms with E-state index in [9.17, 15) is 19.8 Å². The van der Waals surface area contributed by atoms with E-state index in [4.69, 9.17) is 0 Å². The first kappa shape index (κ1) is 13.1. The largest absolute Gasteiger partial charge is 0.508 e. The summed E-state index contributed by atoms with van der Waals surface area (Å²) in [5.41, 5.74) is 1.78. The van der Waals surface area contributed by atoms with Gasteiger partial charge in [-0.25, -0.2) is 0 Å². The highest BCUT2D eigenvalue weighted by molar-refractivity contribution is 6.39. The predicted molar refractivity (Wildman–Crippen MR) is 77.6 cm³/mol. The van der Waals surface area contributed by atoms with Crippen LogP contribution in [0.2, 0.25) is 0 Å². The number of rotatable bonds is 1. The summed E-state index contributed by atoms with van der Waals surface area (Å²) < 4.78 is 0. The standard InChI is InChI=1S/C17H12O4/c1-9-4-2-3-5-11(9)12-8-15(20)16-13(17(12)21)6-10(18)7-14(16)19/h2-8,18-19H,1H3. The number of Topliss-reactive ketones (excluding diaryl/α,β-unsaturated/α-hetero) is 1. The molecule has 0 radical (unpaired) electrons. The highest BCUT2D eigenvalue weighted by Gasteiger charge is 2.30. The molecule has 2 aromatic carbocycles. The number of aryl methyl sites for hydroxylation is 1. The Morgan fingerprint density at radius 3 is 2.38 bits per heavy atom. The van der Waals surface area contributed by atoms with Crippen molar-refractivity contribution in [1.29, 1.82) is 0 Å². The molecule has 0 amide bonds. The normalized spacial score (nSPS) is 13.9. The van der Waals surface area contributed by atoms with E-state index in [-0.39, 0.29) is 34.0 Å². The molecule has 1 aliphatic carbocycles. The topological polar surface area (TPSA) is 74.6 Å². The first-order valence-corrected chi connectivity index (χ1v) is 6.41. The Kier molecular flexibility index (Phi) is 2.87. The lowest BCUT2D eigenvalue weighted by Gasteiger charge is -2.17. The molecule has 0 aliphatic heterocycles. The third-order valence-corrected chi connectivity index (χ3v) is 3.55. The van der Waals surface area contributed by atoms with Crippen LogP contribution in [-0.4, -0.2) is 21.8 Å². The zero-order valence-corrected chi connectivity index (χ0v) is 11.3. The van der Waals surface area contributed by atoms with Gasteiger partial charge in [-0.15, -0.1) is 0 Å². The second-order valence-corrected chi connectivity index (χ2v) is 4.95. The van der Waals surface area contributed by atoms with E-state index in [1.807, 2.05) is 19.1 Å². The van der Waals surface area contributed by atoms with E-state index >= 15 is 0 Å². The van der Waals surface area contributed by atoms with Crippen LogP contribution in [0, 0.1) is 6.92 Å². The maximum absolute atomic E-state index is 12.6. The Morgan fingerprint density at radius 1 is 0.952 bits per heavy atom. The van der Waals surface area contributed by atoms with E-state index in [1.54, 1.807) is 12.1 Å². The van der Waals surface area contributed by atoms with Gasteiger partial charge in [0.25, 0.3) is 0 Å². The molecule has 0 saturated heterocycles. The van der Waals surface area contributed by atoms with Crippen molar-refractivity contribution in [3.8, 4) is 11.5 Å². The molecule has 104 valence electrons. The molecule has 0 atom stereocenters. The van der Waals surface area contributed by atoms with Gasteiger partial charge in [0.15, 0.2) is 11.6 Å². The van der Waals surface area contributed by atoms with Crippen LogP contribution in [0.15, 0.2) is 42.5 Å². The van der Waals surface area contributed by atoms with Crippen LogP contribution in [0.4, 0.5) is 0 Å². The minimum Gasteiger partial charge on any atom is -0.508 e.